The van der Waals surface area contributed by atoms with E-state index in [2.05, 4.69) is 20.3 Å². The Kier molecular flexibility index (Phi) is 4.88. The molecule has 6 nitrogen and oxygen atoms in total. The van der Waals surface area contributed by atoms with E-state index in [0.717, 1.165) is 5.39 Å². The zero-order chi connectivity index (χ0) is 21.5. The number of rotatable bonds is 4. The fraction of sp³-hybridized carbons (Fsp3) is 0.364. The Morgan fingerprint density at radius 2 is 1.93 bits per heavy atom. The van der Waals surface area contributed by atoms with Gasteiger partial charge in [0, 0.05) is 18.0 Å². The normalized spacial score (nSPS) is 17.6. The Morgan fingerprint density at radius 3 is 2.63 bits per heavy atom. The molecule has 1 atom stereocenters. The SMILES string of the molecule is CC(C)(C)OC(=O)NCc1cc2nc(-c3cccc(C4CC4(F)F)n3)ccc2cn1. The number of amides is 1. The van der Waals surface area contributed by atoms with Gasteiger partial charge in [-0.1, -0.05) is 6.07 Å². The van der Waals surface area contributed by atoms with Crippen LogP contribution in [0.25, 0.3) is 22.3 Å². The molecule has 1 N–H and O–H groups in total. The topological polar surface area (TPSA) is 77.0 Å². The molecular formula is C22H22F2N4O2. The first-order valence-electron chi connectivity index (χ1n) is 9.68. The first-order valence-corrected chi connectivity index (χ1v) is 9.68. The Balaban J connectivity index is 1.54. The number of hydrogen-bond acceptors (Lipinski definition) is 5. The number of carbonyl (C=O) groups excluding carboxylic acids is 1. The van der Waals surface area contributed by atoms with Crippen LogP contribution in [0.15, 0.2) is 42.6 Å². The summed E-state index contributed by atoms with van der Waals surface area (Å²) < 4.78 is 32.0. The van der Waals surface area contributed by atoms with Gasteiger partial charge < -0.3 is 10.1 Å². The van der Waals surface area contributed by atoms with Crippen LogP contribution in [0.5, 0.6) is 0 Å². The zero-order valence-corrected chi connectivity index (χ0v) is 16.9. The number of carbonyl (C=O) groups is 1. The van der Waals surface area contributed by atoms with E-state index in [1.807, 2.05) is 6.07 Å². The summed E-state index contributed by atoms with van der Waals surface area (Å²) in [5.41, 5.74) is 2.23. The van der Waals surface area contributed by atoms with E-state index < -0.39 is 23.5 Å². The van der Waals surface area contributed by atoms with Crippen LogP contribution in [0.2, 0.25) is 0 Å². The van der Waals surface area contributed by atoms with E-state index in [1.165, 1.54) is 0 Å². The lowest BCUT2D eigenvalue weighted by Gasteiger charge is -2.19. The van der Waals surface area contributed by atoms with Crippen LogP contribution in [0.1, 0.15) is 44.5 Å². The summed E-state index contributed by atoms with van der Waals surface area (Å²) in [5, 5.41) is 3.49. The van der Waals surface area contributed by atoms with Crippen molar-refractivity contribution in [1.29, 1.82) is 0 Å². The maximum atomic E-state index is 13.4. The van der Waals surface area contributed by atoms with Crippen molar-refractivity contribution < 1.29 is 18.3 Å². The fourth-order valence-corrected chi connectivity index (χ4v) is 3.10. The third kappa shape index (κ3) is 4.53. The highest BCUT2D eigenvalue weighted by molar-refractivity contribution is 5.80. The molecule has 1 aliphatic rings. The summed E-state index contributed by atoms with van der Waals surface area (Å²) in [5.74, 6) is -3.47. The molecule has 1 fully saturated rings. The van der Waals surface area contributed by atoms with Gasteiger partial charge in [-0.2, -0.15) is 0 Å². The van der Waals surface area contributed by atoms with Crippen molar-refractivity contribution in [2.45, 2.75) is 51.2 Å². The van der Waals surface area contributed by atoms with Crippen LogP contribution in [0.3, 0.4) is 0 Å². The molecule has 0 spiro atoms. The molecule has 30 heavy (non-hydrogen) atoms. The standard InChI is InChI=1S/C22H22F2N4O2/c1-21(2,3)30-20(29)26-12-14-9-19-13(11-25-14)7-8-18(28-19)17-6-4-5-16(27-17)15-10-22(15,23)24/h4-9,11,15H,10,12H2,1-3H3,(H,26,29). The second kappa shape index (κ2) is 7.27. The fourth-order valence-electron chi connectivity index (χ4n) is 3.10. The predicted molar refractivity (Wildman–Crippen MR) is 108 cm³/mol. The number of ether oxygens (including phenoxy) is 1. The molecule has 3 aromatic rings. The smallest absolute Gasteiger partial charge is 0.407 e. The third-order valence-electron chi connectivity index (χ3n) is 4.66. The second-order valence-electron chi connectivity index (χ2n) is 8.39. The molecule has 0 aromatic carbocycles. The van der Waals surface area contributed by atoms with Gasteiger partial charge in [0.25, 0.3) is 5.92 Å². The quantitative estimate of drug-likeness (QED) is 0.664. The third-order valence-corrected chi connectivity index (χ3v) is 4.66. The van der Waals surface area contributed by atoms with Gasteiger partial charge in [-0.15, -0.1) is 0 Å². The van der Waals surface area contributed by atoms with E-state index in [-0.39, 0.29) is 13.0 Å². The number of nitrogens with one attached hydrogen (secondary N) is 1. The second-order valence-corrected chi connectivity index (χ2v) is 8.39. The van der Waals surface area contributed by atoms with E-state index >= 15 is 0 Å². The Hall–Kier alpha value is -3.16. The minimum atomic E-state index is -2.66. The van der Waals surface area contributed by atoms with Gasteiger partial charge in [0.2, 0.25) is 0 Å². The monoisotopic (exact) mass is 412 g/mol. The minimum Gasteiger partial charge on any atom is -0.444 e. The van der Waals surface area contributed by atoms with E-state index in [9.17, 15) is 13.6 Å². The summed E-state index contributed by atoms with van der Waals surface area (Å²) >= 11 is 0. The first-order chi connectivity index (χ1) is 14.1. The van der Waals surface area contributed by atoms with E-state index in [1.54, 1.807) is 57.3 Å². The lowest BCUT2D eigenvalue weighted by atomic mass is 10.1. The van der Waals surface area contributed by atoms with Crippen LogP contribution in [-0.2, 0) is 11.3 Å². The van der Waals surface area contributed by atoms with Crippen LogP contribution in [0.4, 0.5) is 13.6 Å². The largest absolute Gasteiger partial charge is 0.444 e. The molecule has 4 rings (SSSR count). The molecule has 156 valence electrons. The van der Waals surface area contributed by atoms with Gasteiger partial charge in [0.05, 0.1) is 40.8 Å². The number of alkyl halides is 2. The van der Waals surface area contributed by atoms with Crippen molar-refractivity contribution in [2.24, 2.45) is 0 Å². The molecule has 1 saturated carbocycles. The number of pyridine rings is 3. The summed E-state index contributed by atoms with van der Waals surface area (Å²) in [6.07, 6.45) is 0.991. The van der Waals surface area contributed by atoms with Crippen molar-refractivity contribution in [2.75, 3.05) is 0 Å². The predicted octanol–water partition coefficient (Wildman–Crippen LogP) is 4.84. The zero-order valence-electron chi connectivity index (χ0n) is 16.9. The number of alkyl carbamates (subject to hydrolysis) is 1. The molecule has 8 heteroatoms. The maximum Gasteiger partial charge on any atom is 0.407 e. The summed E-state index contributed by atoms with van der Waals surface area (Å²) in [7, 11) is 0. The average Bonchev–Trinajstić information content (AvgIpc) is 3.33. The molecule has 0 bridgehead atoms. The van der Waals surface area contributed by atoms with Crippen LogP contribution in [0, 0.1) is 0 Å². The summed E-state index contributed by atoms with van der Waals surface area (Å²) in [6.45, 7) is 5.57. The molecule has 1 amide bonds. The van der Waals surface area contributed by atoms with Gasteiger partial charge >= 0.3 is 6.09 Å². The molecule has 1 aliphatic carbocycles. The molecule has 0 saturated heterocycles. The number of aromatic nitrogens is 3. The first kappa shape index (κ1) is 20.1. The van der Waals surface area contributed by atoms with Crippen molar-refractivity contribution in [1.82, 2.24) is 20.3 Å². The van der Waals surface area contributed by atoms with Crippen molar-refractivity contribution in [3.8, 4) is 11.4 Å². The minimum absolute atomic E-state index is 0.158. The van der Waals surface area contributed by atoms with Crippen LogP contribution >= 0.6 is 0 Å². The Bertz CT molecular complexity index is 1110. The van der Waals surface area contributed by atoms with E-state index in [4.69, 9.17) is 4.74 Å². The van der Waals surface area contributed by atoms with E-state index in [0.29, 0.717) is 28.3 Å². The van der Waals surface area contributed by atoms with Gasteiger partial charge in [0.15, 0.2) is 0 Å². The molecule has 3 heterocycles. The number of nitrogens with zero attached hydrogens (tertiary/aromatic N) is 3. The molecule has 0 aliphatic heterocycles. The lowest BCUT2D eigenvalue weighted by molar-refractivity contribution is 0.0523. The highest BCUT2D eigenvalue weighted by atomic mass is 19.3. The highest BCUT2D eigenvalue weighted by Crippen LogP contribution is 2.55. The van der Waals surface area contributed by atoms with Crippen LogP contribution in [-0.4, -0.2) is 32.6 Å². The van der Waals surface area contributed by atoms with Gasteiger partial charge in [-0.05, 0) is 51.1 Å². The van der Waals surface area contributed by atoms with Crippen molar-refractivity contribution in [3.63, 3.8) is 0 Å². The lowest BCUT2D eigenvalue weighted by Crippen LogP contribution is -2.32. The Morgan fingerprint density at radius 1 is 1.20 bits per heavy atom. The highest BCUT2D eigenvalue weighted by Gasteiger charge is 2.58. The summed E-state index contributed by atoms with van der Waals surface area (Å²) in [6, 6.07) is 10.5. The van der Waals surface area contributed by atoms with Gasteiger partial charge in [-0.3, -0.25) is 9.97 Å². The van der Waals surface area contributed by atoms with Gasteiger partial charge in [-0.25, -0.2) is 18.6 Å². The maximum absolute atomic E-state index is 13.4. The van der Waals surface area contributed by atoms with Crippen LogP contribution < -0.4 is 5.32 Å². The molecule has 3 aromatic heterocycles. The number of halogens is 2. The number of fused-ring (bicyclic) bond motifs is 1. The average molecular weight is 412 g/mol. The number of hydrogen-bond donors (Lipinski definition) is 1. The molecule has 1 unspecified atom stereocenters. The molecule has 0 radical (unpaired) electrons. The summed E-state index contributed by atoms with van der Waals surface area (Å²) in [4.78, 5) is 25.2. The van der Waals surface area contributed by atoms with Crippen molar-refractivity contribution in [3.05, 3.63) is 54.0 Å². The van der Waals surface area contributed by atoms with Crippen molar-refractivity contribution >= 4 is 17.0 Å². The Labute approximate surface area is 172 Å². The molecular weight excluding hydrogens is 390 g/mol. The van der Waals surface area contributed by atoms with Gasteiger partial charge in [0.1, 0.15) is 5.60 Å².